The fourth-order valence-electron chi connectivity index (χ4n) is 3.98. The monoisotopic (exact) mass is 388 g/mol. The Balaban J connectivity index is 1.35. The summed E-state index contributed by atoms with van der Waals surface area (Å²) in [6, 6.07) is 19.0. The fourth-order valence-corrected chi connectivity index (χ4v) is 4.64. The Hall–Kier alpha value is -2.47. The van der Waals surface area contributed by atoms with Crippen molar-refractivity contribution in [3.8, 4) is 11.3 Å². The Morgan fingerprint density at radius 2 is 1.57 bits per heavy atom. The van der Waals surface area contributed by atoms with E-state index in [9.17, 15) is 0 Å². The molecule has 1 aliphatic heterocycles. The molecular weight excluding hydrogens is 364 g/mol. The average molecular weight is 389 g/mol. The first-order chi connectivity index (χ1) is 13.9. The highest BCUT2D eigenvalue weighted by Crippen LogP contribution is 2.26. The lowest BCUT2D eigenvalue weighted by Crippen LogP contribution is -2.45. The number of nitrogens with zero attached hydrogens (tertiary/aromatic N) is 4. The largest absolute Gasteiger partial charge is 0.302 e. The molecule has 0 N–H and O–H groups in total. The number of fused-ring (bicyclic) bond motifs is 1. The minimum absolute atomic E-state index is 0.932. The molecule has 0 amide bonds. The van der Waals surface area contributed by atoms with Crippen LogP contribution >= 0.6 is 11.3 Å². The second-order valence-corrected chi connectivity index (χ2v) is 8.17. The minimum atomic E-state index is 0.932. The lowest BCUT2D eigenvalue weighted by molar-refractivity contribution is 0.121. The quantitative estimate of drug-likeness (QED) is 0.507. The van der Waals surface area contributed by atoms with Crippen molar-refractivity contribution in [1.29, 1.82) is 0 Å². The molecule has 3 aromatic heterocycles. The third-order valence-electron chi connectivity index (χ3n) is 5.50. The van der Waals surface area contributed by atoms with Gasteiger partial charge in [-0.1, -0.05) is 36.4 Å². The topological polar surface area (TPSA) is 23.8 Å². The number of pyridine rings is 1. The summed E-state index contributed by atoms with van der Waals surface area (Å²) in [5.41, 5.74) is 6.04. The summed E-state index contributed by atoms with van der Waals surface area (Å²) >= 11 is 1.79. The van der Waals surface area contributed by atoms with Crippen LogP contribution < -0.4 is 0 Å². The van der Waals surface area contributed by atoms with Crippen LogP contribution in [0.3, 0.4) is 0 Å². The highest BCUT2D eigenvalue weighted by Gasteiger charge is 2.21. The molecule has 0 spiro atoms. The van der Waals surface area contributed by atoms with E-state index in [1.54, 1.807) is 11.3 Å². The molecule has 4 aromatic rings. The summed E-state index contributed by atoms with van der Waals surface area (Å²) in [6.45, 7) is 6.43. The van der Waals surface area contributed by atoms with Crippen molar-refractivity contribution < 1.29 is 0 Å². The van der Waals surface area contributed by atoms with Gasteiger partial charge in [-0.3, -0.25) is 9.80 Å². The molecule has 0 atom stereocenters. The van der Waals surface area contributed by atoms with Gasteiger partial charge in [0.25, 0.3) is 0 Å². The molecule has 5 heteroatoms. The molecule has 1 fully saturated rings. The highest BCUT2D eigenvalue weighted by atomic mass is 32.1. The second kappa shape index (κ2) is 7.87. The van der Waals surface area contributed by atoms with Crippen molar-refractivity contribution in [2.45, 2.75) is 13.1 Å². The Labute approximate surface area is 169 Å². The summed E-state index contributed by atoms with van der Waals surface area (Å²) in [6.07, 6.45) is 2.14. The van der Waals surface area contributed by atoms with E-state index in [-0.39, 0.29) is 0 Å². The van der Waals surface area contributed by atoms with Crippen LogP contribution in [0, 0.1) is 0 Å². The molecule has 0 aliphatic carbocycles. The molecule has 4 heterocycles. The van der Waals surface area contributed by atoms with Crippen LogP contribution in [0.25, 0.3) is 16.9 Å². The van der Waals surface area contributed by atoms with Crippen molar-refractivity contribution >= 4 is 17.0 Å². The number of rotatable bonds is 5. The maximum atomic E-state index is 4.94. The number of aromatic nitrogens is 2. The Bertz CT molecular complexity index is 1030. The molecule has 0 saturated carbocycles. The van der Waals surface area contributed by atoms with Gasteiger partial charge < -0.3 is 4.40 Å². The molecule has 1 aromatic carbocycles. The normalized spacial score (nSPS) is 16.0. The predicted octanol–water partition coefficient (Wildman–Crippen LogP) is 4.38. The van der Waals surface area contributed by atoms with Gasteiger partial charge in [0.15, 0.2) is 0 Å². The van der Waals surface area contributed by atoms with E-state index in [1.165, 1.54) is 16.8 Å². The van der Waals surface area contributed by atoms with Gasteiger partial charge in [0.2, 0.25) is 0 Å². The summed E-state index contributed by atoms with van der Waals surface area (Å²) in [5, 5.41) is 4.43. The molecule has 0 radical (unpaired) electrons. The van der Waals surface area contributed by atoms with Gasteiger partial charge in [0.05, 0.1) is 11.4 Å². The van der Waals surface area contributed by atoms with Crippen LogP contribution in [0.5, 0.6) is 0 Å². The maximum Gasteiger partial charge on any atom is 0.137 e. The van der Waals surface area contributed by atoms with Crippen molar-refractivity contribution in [2.24, 2.45) is 0 Å². The minimum Gasteiger partial charge on any atom is -0.302 e. The summed E-state index contributed by atoms with van der Waals surface area (Å²) in [5.74, 6) is 0. The van der Waals surface area contributed by atoms with Gasteiger partial charge in [-0.25, -0.2) is 4.98 Å². The highest BCUT2D eigenvalue weighted by molar-refractivity contribution is 7.07. The first-order valence-electron chi connectivity index (χ1n) is 9.84. The molecule has 1 aliphatic rings. The Morgan fingerprint density at radius 1 is 0.821 bits per heavy atom. The van der Waals surface area contributed by atoms with E-state index in [2.05, 4.69) is 85.8 Å². The van der Waals surface area contributed by atoms with E-state index < -0.39 is 0 Å². The van der Waals surface area contributed by atoms with E-state index >= 15 is 0 Å². The summed E-state index contributed by atoms with van der Waals surface area (Å²) < 4.78 is 2.25. The van der Waals surface area contributed by atoms with Crippen molar-refractivity contribution in [3.63, 3.8) is 0 Å². The van der Waals surface area contributed by atoms with Crippen LogP contribution in [0.2, 0.25) is 0 Å². The summed E-state index contributed by atoms with van der Waals surface area (Å²) in [7, 11) is 0. The van der Waals surface area contributed by atoms with E-state index in [1.807, 2.05) is 0 Å². The van der Waals surface area contributed by atoms with Crippen LogP contribution in [0.1, 0.15) is 11.3 Å². The Kier molecular flexibility index (Phi) is 4.95. The molecule has 5 rings (SSSR count). The van der Waals surface area contributed by atoms with E-state index in [4.69, 9.17) is 4.98 Å². The number of imidazole rings is 1. The molecule has 1 saturated heterocycles. The smallest absolute Gasteiger partial charge is 0.137 e. The standard InChI is InChI=1S/C23H24N4S/c1-2-6-20(7-3-1)23-21(27-10-5-4-8-22(27)24-23)17-26-13-11-25(12-14-26)16-19-9-15-28-18-19/h1-10,15,18H,11-14,16-17H2. The van der Waals surface area contributed by atoms with E-state index in [0.29, 0.717) is 0 Å². The number of benzene rings is 1. The van der Waals surface area contributed by atoms with Gasteiger partial charge in [0, 0.05) is 51.0 Å². The number of hydrogen-bond acceptors (Lipinski definition) is 4. The number of piperazine rings is 1. The van der Waals surface area contributed by atoms with Gasteiger partial charge in [-0.05, 0) is 34.5 Å². The van der Waals surface area contributed by atoms with Gasteiger partial charge in [-0.15, -0.1) is 0 Å². The van der Waals surface area contributed by atoms with Gasteiger partial charge in [0.1, 0.15) is 5.65 Å². The first kappa shape index (κ1) is 17.6. The average Bonchev–Trinajstić information content (AvgIpc) is 3.38. The number of thiophene rings is 1. The first-order valence-corrected chi connectivity index (χ1v) is 10.8. The van der Waals surface area contributed by atoms with Crippen LogP contribution in [-0.4, -0.2) is 45.4 Å². The zero-order chi connectivity index (χ0) is 18.8. The van der Waals surface area contributed by atoms with Crippen LogP contribution in [-0.2, 0) is 13.1 Å². The third-order valence-corrected chi connectivity index (χ3v) is 6.23. The van der Waals surface area contributed by atoms with E-state index in [0.717, 1.165) is 50.6 Å². The third kappa shape index (κ3) is 3.61. The Morgan fingerprint density at radius 3 is 2.32 bits per heavy atom. The molecule has 28 heavy (non-hydrogen) atoms. The predicted molar refractivity (Wildman–Crippen MR) is 116 cm³/mol. The van der Waals surface area contributed by atoms with Crippen molar-refractivity contribution in [2.75, 3.05) is 26.2 Å². The summed E-state index contributed by atoms with van der Waals surface area (Å²) in [4.78, 5) is 10.1. The zero-order valence-electron chi connectivity index (χ0n) is 15.9. The molecule has 0 bridgehead atoms. The fraction of sp³-hybridized carbons (Fsp3) is 0.261. The van der Waals surface area contributed by atoms with Gasteiger partial charge >= 0.3 is 0 Å². The van der Waals surface area contributed by atoms with Crippen LogP contribution in [0.15, 0.2) is 71.6 Å². The van der Waals surface area contributed by atoms with Crippen LogP contribution in [0.4, 0.5) is 0 Å². The molecular formula is C23H24N4S. The molecule has 4 nitrogen and oxygen atoms in total. The lowest BCUT2D eigenvalue weighted by Gasteiger charge is -2.34. The second-order valence-electron chi connectivity index (χ2n) is 7.39. The van der Waals surface area contributed by atoms with Crippen molar-refractivity contribution in [1.82, 2.24) is 19.2 Å². The maximum absolute atomic E-state index is 4.94. The molecule has 142 valence electrons. The lowest BCUT2D eigenvalue weighted by atomic mass is 10.1. The SMILES string of the molecule is c1ccc(-c2nc3ccccn3c2CN2CCN(Cc3ccsc3)CC2)cc1. The van der Waals surface area contributed by atoms with Crippen molar-refractivity contribution in [3.05, 3.63) is 82.8 Å². The molecule has 0 unspecified atom stereocenters. The number of hydrogen-bond donors (Lipinski definition) is 0. The zero-order valence-corrected chi connectivity index (χ0v) is 16.7. The van der Waals surface area contributed by atoms with Gasteiger partial charge in [-0.2, -0.15) is 11.3 Å².